The summed E-state index contributed by atoms with van der Waals surface area (Å²) < 4.78 is 0. The van der Waals surface area contributed by atoms with Crippen LogP contribution >= 0.6 is 0 Å². The second-order valence-electron chi connectivity index (χ2n) is 6.18. The van der Waals surface area contributed by atoms with E-state index in [2.05, 4.69) is 15.1 Å². The number of piperazine rings is 1. The lowest BCUT2D eigenvalue weighted by Gasteiger charge is -2.44. The molecule has 2 rings (SSSR count). The first-order chi connectivity index (χ1) is 9.05. The molecular weight excluding hydrogens is 240 g/mol. The fraction of sp³-hybridized carbons (Fsp3) is 0.929. The molecule has 2 aliphatic rings. The molecule has 3 N–H and O–H groups in total. The molecule has 1 amide bonds. The molecule has 2 heterocycles. The molecule has 2 unspecified atom stereocenters. The van der Waals surface area contributed by atoms with Crippen molar-refractivity contribution < 1.29 is 4.79 Å². The van der Waals surface area contributed by atoms with E-state index < -0.39 is 5.54 Å². The lowest BCUT2D eigenvalue weighted by atomic mass is 9.95. The SMILES string of the molecule is CNC(C)(CCN1CCN2CCCCC2C1)C(N)=O. The predicted octanol–water partition coefficient (Wildman–Crippen LogP) is 0.0100. The van der Waals surface area contributed by atoms with Gasteiger partial charge in [0.2, 0.25) is 5.91 Å². The van der Waals surface area contributed by atoms with Gasteiger partial charge in [-0.15, -0.1) is 0 Å². The number of likely N-dealkylation sites (N-methyl/N-ethyl adjacent to an activating group) is 1. The minimum atomic E-state index is -0.580. The molecule has 2 aliphatic heterocycles. The number of fused-ring (bicyclic) bond motifs is 1. The smallest absolute Gasteiger partial charge is 0.237 e. The zero-order chi connectivity index (χ0) is 13.9. The lowest BCUT2D eigenvalue weighted by Crippen LogP contribution is -2.57. The van der Waals surface area contributed by atoms with Crippen molar-refractivity contribution in [2.45, 2.75) is 44.2 Å². The fourth-order valence-corrected chi connectivity index (χ4v) is 3.18. The summed E-state index contributed by atoms with van der Waals surface area (Å²) in [5.41, 5.74) is 4.90. The summed E-state index contributed by atoms with van der Waals surface area (Å²) in [4.78, 5) is 16.6. The normalized spacial score (nSPS) is 28.6. The monoisotopic (exact) mass is 268 g/mol. The molecule has 2 atom stereocenters. The number of nitrogens with one attached hydrogen (secondary N) is 1. The standard InChI is InChI=1S/C14H28N4O/c1-14(16-2,13(15)19)6-8-17-9-10-18-7-4-3-5-12(18)11-17/h12,16H,3-11H2,1-2H3,(H2,15,19). The van der Waals surface area contributed by atoms with E-state index in [1.165, 1.54) is 32.4 Å². The highest BCUT2D eigenvalue weighted by Crippen LogP contribution is 2.21. The second kappa shape index (κ2) is 6.20. The maximum atomic E-state index is 11.5. The molecule has 0 radical (unpaired) electrons. The van der Waals surface area contributed by atoms with Crippen molar-refractivity contribution in [3.63, 3.8) is 0 Å². The van der Waals surface area contributed by atoms with Gasteiger partial charge in [-0.05, 0) is 39.8 Å². The van der Waals surface area contributed by atoms with Gasteiger partial charge in [-0.25, -0.2) is 0 Å². The van der Waals surface area contributed by atoms with E-state index >= 15 is 0 Å². The summed E-state index contributed by atoms with van der Waals surface area (Å²) in [6.45, 7) is 7.57. The Balaban J connectivity index is 1.82. The molecule has 110 valence electrons. The third kappa shape index (κ3) is 3.46. The van der Waals surface area contributed by atoms with Crippen LogP contribution in [0.1, 0.15) is 32.6 Å². The number of nitrogens with two attached hydrogens (primary N) is 1. The first-order valence-electron chi connectivity index (χ1n) is 7.50. The van der Waals surface area contributed by atoms with Gasteiger partial charge in [-0.2, -0.15) is 0 Å². The van der Waals surface area contributed by atoms with Gasteiger partial charge in [-0.3, -0.25) is 9.69 Å². The average Bonchev–Trinajstić information content (AvgIpc) is 2.44. The molecule has 0 saturated carbocycles. The van der Waals surface area contributed by atoms with Gasteiger partial charge < -0.3 is 16.0 Å². The summed E-state index contributed by atoms with van der Waals surface area (Å²) in [5, 5.41) is 3.06. The predicted molar refractivity (Wildman–Crippen MR) is 76.9 cm³/mol. The van der Waals surface area contributed by atoms with Gasteiger partial charge in [0, 0.05) is 32.2 Å². The summed E-state index contributed by atoms with van der Waals surface area (Å²) in [5.74, 6) is -0.258. The van der Waals surface area contributed by atoms with Crippen molar-refractivity contribution in [1.29, 1.82) is 0 Å². The van der Waals surface area contributed by atoms with Gasteiger partial charge in [0.05, 0.1) is 5.54 Å². The number of amides is 1. The largest absolute Gasteiger partial charge is 0.368 e. The molecule has 0 aliphatic carbocycles. The van der Waals surface area contributed by atoms with Crippen LogP contribution in [-0.2, 0) is 4.79 Å². The van der Waals surface area contributed by atoms with Crippen LogP contribution < -0.4 is 11.1 Å². The Kier molecular flexibility index (Phi) is 4.81. The Labute approximate surface area is 116 Å². The molecular formula is C14H28N4O. The lowest BCUT2D eigenvalue weighted by molar-refractivity contribution is -0.124. The van der Waals surface area contributed by atoms with Gasteiger partial charge in [-0.1, -0.05) is 6.42 Å². The number of carbonyl (C=O) groups excluding carboxylic acids is 1. The number of piperidine rings is 1. The molecule has 0 aromatic carbocycles. The van der Waals surface area contributed by atoms with Crippen LogP contribution in [0.5, 0.6) is 0 Å². The summed E-state index contributed by atoms with van der Waals surface area (Å²) in [7, 11) is 1.81. The first kappa shape index (κ1) is 14.8. The van der Waals surface area contributed by atoms with Gasteiger partial charge in [0.15, 0.2) is 0 Å². The van der Waals surface area contributed by atoms with Crippen molar-refractivity contribution in [2.75, 3.05) is 39.8 Å². The number of rotatable bonds is 5. The van der Waals surface area contributed by atoms with E-state index in [0.717, 1.165) is 32.1 Å². The van der Waals surface area contributed by atoms with E-state index in [1.807, 2.05) is 14.0 Å². The van der Waals surface area contributed by atoms with Crippen LogP contribution in [0.4, 0.5) is 0 Å². The minimum absolute atomic E-state index is 0.258. The number of carbonyl (C=O) groups is 1. The van der Waals surface area contributed by atoms with E-state index in [1.54, 1.807) is 0 Å². The first-order valence-corrected chi connectivity index (χ1v) is 7.50. The molecule has 5 heteroatoms. The Morgan fingerprint density at radius 2 is 2.16 bits per heavy atom. The quantitative estimate of drug-likeness (QED) is 0.737. The van der Waals surface area contributed by atoms with Gasteiger partial charge >= 0.3 is 0 Å². The van der Waals surface area contributed by atoms with Crippen molar-refractivity contribution >= 4 is 5.91 Å². The third-order valence-electron chi connectivity index (χ3n) is 4.95. The number of hydrogen-bond acceptors (Lipinski definition) is 4. The molecule has 0 spiro atoms. The van der Waals surface area contributed by atoms with Crippen LogP contribution in [-0.4, -0.2) is 67.1 Å². The van der Waals surface area contributed by atoms with Gasteiger partial charge in [0.1, 0.15) is 0 Å². The number of nitrogens with zero attached hydrogens (tertiary/aromatic N) is 2. The van der Waals surface area contributed by atoms with Crippen LogP contribution in [0.2, 0.25) is 0 Å². The molecule has 2 saturated heterocycles. The van der Waals surface area contributed by atoms with Crippen molar-refractivity contribution in [3.8, 4) is 0 Å². The molecule has 2 fully saturated rings. The van der Waals surface area contributed by atoms with Crippen molar-refractivity contribution in [1.82, 2.24) is 15.1 Å². The highest BCUT2D eigenvalue weighted by molar-refractivity contribution is 5.84. The summed E-state index contributed by atoms with van der Waals surface area (Å²) >= 11 is 0. The highest BCUT2D eigenvalue weighted by Gasteiger charge is 2.32. The summed E-state index contributed by atoms with van der Waals surface area (Å²) in [6.07, 6.45) is 4.84. The van der Waals surface area contributed by atoms with Crippen molar-refractivity contribution in [2.24, 2.45) is 5.73 Å². The molecule has 0 aromatic heterocycles. The zero-order valence-corrected chi connectivity index (χ0v) is 12.3. The van der Waals surface area contributed by atoms with E-state index in [-0.39, 0.29) is 5.91 Å². The summed E-state index contributed by atoms with van der Waals surface area (Å²) in [6, 6.07) is 0.733. The maximum Gasteiger partial charge on any atom is 0.237 e. The Morgan fingerprint density at radius 1 is 1.37 bits per heavy atom. The van der Waals surface area contributed by atoms with Crippen LogP contribution in [0.15, 0.2) is 0 Å². The molecule has 0 bridgehead atoms. The Bertz CT molecular complexity index is 323. The van der Waals surface area contributed by atoms with Crippen LogP contribution in [0, 0.1) is 0 Å². The molecule has 0 aromatic rings. The fourth-order valence-electron chi connectivity index (χ4n) is 3.18. The Morgan fingerprint density at radius 3 is 2.84 bits per heavy atom. The third-order valence-corrected chi connectivity index (χ3v) is 4.95. The molecule has 19 heavy (non-hydrogen) atoms. The average molecular weight is 268 g/mol. The maximum absolute atomic E-state index is 11.5. The van der Waals surface area contributed by atoms with Crippen LogP contribution in [0.3, 0.4) is 0 Å². The number of primary amides is 1. The Hall–Kier alpha value is -0.650. The topological polar surface area (TPSA) is 61.6 Å². The number of hydrogen-bond donors (Lipinski definition) is 2. The highest BCUT2D eigenvalue weighted by atomic mass is 16.1. The van der Waals surface area contributed by atoms with E-state index in [4.69, 9.17) is 5.73 Å². The van der Waals surface area contributed by atoms with Crippen molar-refractivity contribution in [3.05, 3.63) is 0 Å². The van der Waals surface area contributed by atoms with E-state index in [0.29, 0.717) is 0 Å². The second-order valence-corrected chi connectivity index (χ2v) is 6.18. The zero-order valence-electron chi connectivity index (χ0n) is 12.3. The van der Waals surface area contributed by atoms with E-state index in [9.17, 15) is 4.79 Å². The minimum Gasteiger partial charge on any atom is -0.368 e. The van der Waals surface area contributed by atoms with Crippen LogP contribution in [0.25, 0.3) is 0 Å². The van der Waals surface area contributed by atoms with Gasteiger partial charge in [0.25, 0.3) is 0 Å². The molecule has 5 nitrogen and oxygen atoms in total.